The number of hydrogen-bond acceptors (Lipinski definition) is 21. The van der Waals surface area contributed by atoms with Crippen molar-refractivity contribution in [1.82, 2.24) is 49.0 Å². The van der Waals surface area contributed by atoms with Crippen LogP contribution in [-0.2, 0) is 80.3 Å². The van der Waals surface area contributed by atoms with Crippen molar-refractivity contribution in [3.63, 3.8) is 0 Å². The summed E-state index contributed by atoms with van der Waals surface area (Å²) in [7, 11) is 7.46. The molecule has 7 aromatic rings. The molecule has 35 heteroatoms. The lowest BCUT2D eigenvalue weighted by atomic mass is 10.0. The number of anilines is 5. The monoisotopic (exact) mass is 1520 g/mol. The molecule has 35 nitrogen and oxygen atoms in total. The third-order valence-electron chi connectivity index (χ3n) is 18.1. The molecule has 11 amide bonds. The van der Waals surface area contributed by atoms with Gasteiger partial charge in [0.15, 0.2) is 23.5 Å². The molecule has 8 N–H and O–H groups in total. The van der Waals surface area contributed by atoms with Gasteiger partial charge in [-0.3, -0.25) is 62.2 Å². The van der Waals surface area contributed by atoms with Gasteiger partial charge in [-0.15, -0.1) is 0 Å². The van der Waals surface area contributed by atoms with E-state index in [2.05, 4.69) is 48.8 Å². The number of imide groups is 1. The SMILES string of the molecule is C=C1C[C@H]2[C@H](O)N(C(=O)OCc3ccc(NC(=O)[C@H](C)NC(=O)[C@@H](NC(=O)CCOCCOCCNC(=O)CCN4C(=O)C=CC4=O)C(C)C)cc3)c3cc(OCCCC(=O)Nc4cn(C)c(C(=O)Nc5cc(C(=O)Nc6cc(C(=O)n7ccc8cc(C(=O)OC)ccc87)n(C)c6)n(C)c5)n4)c(OC)cc3C(=O)N2C1. The molecular weight excluding hydrogens is 1430 g/mol. The average molecular weight is 1520 g/mol. The number of imidazole rings is 1. The largest absolute Gasteiger partial charge is 0.493 e. The van der Waals surface area contributed by atoms with Gasteiger partial charge in [-0.2, -0.15) is 0 Å². The average Bonchev–Trinajstić information content (AvgIpc) is 1.59. The molecule has 7 heterocycles. The number of esters is 1. The maximum absolute atomic E-state index is 14.3. The highest BCUT2D eigenvalue weighted by molar-refractivity contribution is 6.13. The number of methoxy groups -OCH3 is 2. The number of aromatic nitrogens is 5. The Morgan fingerprint density at radius 2 is 1.36 bits per heavy atom. The van der Waals surface area contributed by atoms with Gasteiger partial charge in [0.2, 0.25) is 35.4 Å². The number of benzene rings is 3. The number of nitrogens with zero attached hydrogens (tertiary/aromatic N) is 8. The second-order valence-electron chi connectivity index (χ2n) is 26.4. The van der Waals surface area contributed by atoms with E-state index >= 15 is 0 Å². The maximum Gasteiger partial charge on any atom is 0.416 e. The van der Waals surface area contributed by atoms with E-state index in [-0.39, 0.29) is 161 Å². The van der Waals surface area contributed by atoms with Crippen LogP contribution in [0.1, 0.15) is 111 Å². The van der Waals surface area contributed by atoms with Crippen LogP contribution < -0.4 is 51.6 Å². The Morgan fingerprint density at radius 3 is 2.06 bits per heavy atom. The molecule has 580 valence electrons. The summed E-state index contributed by atoms with van der Waals surface area (Å²) in [5.74, 6) is -6.23. The summed E-state index contributed by atoms with van der Waals surface area (Å²) < 4.78 is 39.2. The summed E-state index contributed by atoms with van der Waals surface area (Å²) in [6, 6.07) is 15.6. The molecule has 0 spiro atoms. The zero-order valence-corrected chi connectivity index (χ0v) is 61.7. The quantitative estimate of drug-likeness (QED) is 0.0121. The molecule has 3 aromatic carbocycles. The maximum atomic E-state index is 14.3. The van der Waals surface area contributed by atoms with Gasteiger partial charge in [-0.25, -0.2) is 19.5 Å². The minimum absolute atomic E-state index is 0.0126. The van der Waals surface area contributed by atoms with Gasteiger partial charge in [0.25, 0.3) is 35.4 Å². The van der Waals surface area contributed by atoms with Gasteiger partial charge in [0.05, 0.1) is 87.0 Å². The standard InChI is InChI=1S/C75H85N15O20/c1-42(2)65(83-62(93)22-27-107-29-30-108-28-23-76-60(91)21-25-88-63(94)18-19-64(88)95)69(98)77-44(4)67(96)78-48-15-12-45(13-16-48)41-110-75(104)90-53-36-58(57(105-8)35-51(53)71(100)89-37-43(3)31-56(89)73(90)102)109-26-10-11-61(92)81-59-40-86(7)66(82-59)70(99)80-49-33-54(84(5)38-49)68(97)79-50-34-55(85(6)39-50)72(101)87-24-20-46-32-47(74(103)106-9)14-17-52(46)87/h12-20,24,32-36,38-40,42,44,56,65,73,102H,3,10-11,21-23,25-31,37,41H2,1-2,4-9H3,(H,76,91)(H,77,98)(H,78,96)(H,79,97)(H,80,99)(H,81,92)(H,83,93)/t44-,56-,65-,73-/m0/s1. The fraction of sp³-hybridized carbons (Fsp3) is 0.360. The van der Waals surface area contributed by atoms with Crippen molar-refractivity contribution in [1.29, 1.82) is 0 Å². The molecule has 4 aromatic heterocycles. The van der Waals surface area contributed by atoms with Crippen LogP contribution in [-0.4, -0.2) is 206 Å². The van der Waals surface area contributed by atoms with E-state index in [4.69, 9.17) is 28.4 Å². The third kappa shape index (κ3) is 19.3. The van der Waals surface area contributed by atoms with Crippen molar-refractivity contribution in [3.05, 3.63) is 156 Å². The second-order valence-corrected chi connectivity index (χ2v) is 26.4. The Bertz CT molecular complexity index is 4760. The van der Waals surface area contributed by atoms with Crippen LogP contribution in [0.15, 0.2) is 122 Å². The number of aliphatic hydroxyl groups excluding tert-OH is 1. The van der Waals surface area contributed by atoms with Gasteiger partial charge >= 0.3 is 12.1 Å². The van der Waals surface area contributed by atoms with E-state index in [0.29, 0.717) is 39.0 Å². The van der Waals surface area contributed by atoms with Crippen LogP contribution >= 0.6 is 0 Å². The Morgan fingerprint density at radius 1 is 0.673 bits per heavy atom. The fourth-order valence-corrected chi connectivity index (χ4v) is 12.3. The van der Waals surface area contributed by atoms with Crippen LogP contribution in [0, 0.1) is 5.92 Å². The van der Waals surface area contributed by atoms with Crippen LogP contribution in [0.4, 0.5) is 33.4 Å². The number of rotatable bonds is 33. The highest BCUT2D eigenvalue weighted by Gasteiger charge is 2.47. The number of fused-ring (bicyclic) bond motifs is 3. The normalized spacial score (nSPS) is 15.0. The van der Waals surface area contributed by atoms with Crippen LogP contribution in [0.5, 0.6) is 11.5 Å². The minimum atomic E-state index is -1.63. The molecule has 1 saturated heterocycles. The van der Waals surface area contributed by atoms with Gasteiger partial charge in [0.1, 0.15) is 30.1 Å². The number of nitrogens with one attached hydrogen (secondary N) is 7. The van der Waals surface area contributed by atoms with E-state index in [0.717, 1.165) is 22.0 Å². The minimum Gasteiger partial charge on any atom is -0.493 e. The third-order valence-corrected chi connectivity index (χ3v) is 18.1. The van der Waals surface area contributed by atoms with E-state index < -0.39 is 89.6 Å². The fourth-order valence-electron chi connectivity index (χ4n) is 12.3. The molecule has 0 saturated carbocycles. The zero-order chi connectivity index (χ0) is 79.2. The van der Waals surface area contributed by atoms with Gasteiger partial charge in [-0.05, 0) is 85.8 Å². The first-order valence-electron chi connectivity index (χ1n) is 35.0. The molecule has 4 atom stereocenters. The number of amides is 11. The first-order chi connectivity index (χ1) is 52.6. The van der Waals surface area contributed by atoms with Gasteiger partial charge in [-0.1, -0.05) is 38.1 Å². The van der Waals surface area contributed by atoms with Crippen molar-refractivity contribution in [2.45, 2.75) is 83.8 Å². The molecule has 3 aliphatic heterocycles. The summed E-state index contributed by atoms with van der Waals surface area (Å²) >= 11 is 0. The number of carbonyl (C=O) groups excluding carboxylic acids is 13. The van der Waals surface area contributed by atoms with Crippen molar-refractivity contribution < 1.29 is 95.9 Å². The second kappa shape index (κ2) is 35.8. The molecule has 0 aliphatic carbocycles. The number of carbonyl (C=O) groups is 13. The molecular formula is C75H85N15O20. The summed E-state index contributed by atoms with van der Waals surface area (Å²) in [6.07, 6.45) is 5.86. The number of aliphatic hydroxyl groups is 1. The van der Waals surface area contributed by atoms with Crippen molar-refractivity contribution in [3.8, 4) is 11.5 Å². The molecule has 10 rings (SSSR count). The summed E-state index contributed by atoms with van der Waals surface area (Å²) in [4.78, 5) is 177. The molecule has 0 bridgehead atoms. The van der Waals surface area contributed by atoms with Crippen molar-refractivity contribution in [2.75, 3.05) is 93.1 Å². The lowest BCUT2D eigenvalue weighted by Crippen LogP contribution is -2.53. The number of aryl methyl sites for hydroxylation is 3. The van der Waals surface area contributed by atoms with Crippen molar-refractivity contribution >= 4 is 117 Å². The Labute approximate surface area is 630 Å². The zero-order valence-electron chi connectivity index (χ0n) is 61.7. The topological polar surface area (TPSA) is 424 Å². The van der Waals surface area contributed by atoms with Gasteiger partial charge in [0, 0.05) is 114 Å². The predicted octanol–water partition coefficient (Wildman–Crippen LogP) is 4.52. The van der Waals surface area contributed by atoms with Gasteiger partial charge < -0.3 is 89.3 Å². The van der Waals surface area contributed by atoms with E-state index in [1.807, 2.05) is 0 Å². The van der Waals surface area contributed by atoms with E-state index in [1.165, 1.54) is 76.4 Å². The first kappa shape index (κ1) is 79.8. The predicted molar refractivity (Wildman–Crippen MR) is 396 cm³/mol. The van der Waals surface area contributed by atoms with Crippen LogP contribution in [0.3, 0.4) is 0 Å². The Balaban J connectivity index is 0.665. The highest BCUT2D eigenvalue weighted by Crippen LogP contribution is 2.42. The molecule has 3 aliphatic rings. The number of hydrogen-bond donors (Lipinski definition) is 8. The van der Waals surface area contributed by atoms with E-state index in [9.17, 15) is 67.4 Å². The van der Waals surface area contributed by atoms with E-state index in [1.54, 1.807) is 100 Å². The Kier molecular flexibility index (Phi) is 25.9. The van der Waals surface area contributed by atoms with Crippen molar-refractivity contribution in [2.24, 2.45) is 27.1 Å². The lowest BCUT2D eigenvalue weighted by molar-refractivity contribution is -0.137. The lowest BCUT2D eigenvalue weighted by Gasteiger charge is -2.31. The highest BCUT2D eigenvalue weighted by atomic mass is 16.6. The molecule has 1 fully saturated rings. The molecule has 0 radical (unpaired) electrons. The summed E-state index contributed by atoms with van der Waals surface area (Å²) in [5.41, 5.74) is 3.27. The Hall–Kier alpha value is -12.8. The summed E-state index contributed by atoms with van der Waals surface area (Å²) in [6.45, 7) is 9.34. The van der Waals surface area contributed by atoms with Crippen LogP contribution in [0.2, 0.25) is 0 Å². The summed E-state index contributed by atoms with van der Waals surface area (Å²) in [5, 5.41) is 31.5. The molecule has 110 heavy (non-hydrogen) atoms. The smallest absolute Gasteiger partial charge is 0.416 e. The molecule has 0 unspecified atom stereocenters. The van der Waals surface area contributed by atoms with Crippen LogP contribution in [0.25, 0.3) is 10.9 Å². The first-order valence-corrected chi connectivity index (χ1v) is 35.0. The number of ether oxygens (including phenoxy) is 6.